The second kappa shape index (κ2) is 10.1. The maximum Gasteiger partial charge on any atom is 0.254 e. The molecule has 1 saturated carbocycles. The van der Waals surface area contributed by atoms with Gasteiger partial charge in [0.25, 0.3) is 5.91 Å². The highest BCUT2D eigenvalue weighted by atomic mass is 19.1. The van der Waals surface area contributed by atoms with Crippen LogP contribution in [0.1, 0.15) is 49.0 Å². The zero-order valence-corrected chi connectivity index (χ0v) is 21.0. The summed E-state index contributed by atoms with van der Waals surface area (Å²) < 4.78 is 45.4. The van der Waals surface area contributed by atoms with Crippen molar-refractivity contribution in [2.75, 3.05) is 18.4 Å². The van der Waals surface area contributed by atoms with Crippen molar-refractivity contribution in [1.29, 1.82) is 0 Å². The van der Waals surface area contributed by atoms with Gasteiger partial charge in [-0.3, -0.25) is 9.69 Å². The smallest absolute Gasteiger partial charge is 0.254 e. The first-order valence-corrected chi connectivity index (χ1v) is 12.5. The van der Waals surface area contributed by atoms with E-state index in [-0.39, 0.29) is 28.9 Å². The Labute approximate surface area is 213 Å². The Balaban J connectivity index is 1.37. The molecule has 1 aliphatic carbocycles. The summed E-state index contributed by atoms with van der Waals surface area (Å²) in [6.45, 7) is 6.88. The Morgan fingerprint density at radius 3 is 2.65 bits per heavy atom. The van der Waals surface area contributed by atoms with Gasteiger partial charge in [0, 0.05) is 25.2 Å². The Kier molecular flexibility index (Phi) is 6.89. The molecule has 0 radical (unpaired) electrons. The van der Waals surface area contributed by atoms with Crippen molar-refractivity contribution in [1.82, 2.24) is 30.2 Å². The summed E-state index contributed by atoms with van der Waals surface area (Å²) in [5, 5.41) is 14.1. The number of halogens is 3. The van der Waals surface area contributed by atoms with Gasteiger partial charge in [-0.15, -0.1) is 5.10 Å². The van der Waals surface area contributed by atoms with Crippen molar-refractivity contribution in [3.63, 3.8) is 0 Å². The molecule has 3 aromatic rings. The van der Waals surface area contributed by atoms with Crippen LogP contribution in [0.3, 0.4) is 0 Å². The van der Waals surface area contributed by atoms with Crippen LogP contribution in [0.15, 0.2) is 30.6 Å². The number of nitrogens with zero attached hydrogens (tertiary/aromatic N) is 5. The number of hydrogen-bond donors (Lipinski definition) is 2. The van der Waals surface area contributed by atoms with Crippen LogP contribution in [0.25, 0.3) is 16.9 Å². The molecule has 3 heterocycles. The lowest BCUT2D eigenvalue weighted by molar-refractivity contribution is 0.0947. The van der Waals surface area contributed by atoms with Crippen LogP contribution in [0.5, 0.6) is 0 Å². The molecule has 0 bridgehead atoms. The Morgan fingerprint density at radius 2 is 1.95 bits per heavy atom. The van der Waals surface area contributed by atoms with E-state index in [1.165, 1.54) is 35.3 Å². The summed E-state index contributed by atoms with van der Waals surface area (Å²) in [4.78, 5) is 18.4. The van der Waals surface area contributed by atoms with Gasteiger partial charge in [0.2, 0.25) is 5.95 Å². The van der Waals surface area contributed by atoms with Gasteiger partial charge in [0.15, 0.2) is 0 Å². The first-order valence-electron chi connectivity index (χ1n) is 12.5. The average Bonchev–Trinajstić information content (AvgIpc) is 3.53. The fourth-order valence-corrected chi connectivity index (χ4v) is 4.56. The Hall–Kier alpha value is -3.47. The van der Waals surface area contributed by atoms with Crippen molar-refractivity contribution in [3.05, 3.63) is 53.5 Å². The molecule has 196 valence electrons. The van der Waals surface area contributed by atoms with E-state index in [4.69, 9.17) is 0 Å². The molecule has 37 heavy (non-hydrogen) atoms. The minimum atomic E-state index is -1.07. The van der Waals surface area contributed by atoms with Gasteiger partial charge in [0.05, 0.1) is 40.9 Å². The third-order valence-corrected chi connectivity index (χ3v) is 6.95. The van der Waals surface area contributed by atoms with Crippen LogP contribution in [0, 0.1) is 18.7 Å². The SMILES string of the molecule is Cc1cc(F)c(C(=O)NC2CC2)cc1-n1cc(-c2cc(N[C@H]3CCN(C(C)C)C[C@H]3F)cnc2F)nn1. The first-order chi connectivity index (χ1) is 17.7. The molecule has 11 heteroatoms. The number of aryl methyl sites for hydroxylation is 1. The lowest BCUT2D eigenvalue weighted by atomic mass is 10.0. The van der Waals surface area contributed by atoms with Crippen molar-refractivity contribution in [2.45, 2.75) is 64.3 Å². The summed E-state index contributed by atoms with van der Waals surface area (Å²) >= 11 is 0. The number of anilines is 1. The molecule has 1 aromatic carbocycles. The molecule has 1 aliphatic heterocycles. The van der Waals surface area contributed by atoms with Gasteiger partial charge in [0.1, 0.15) is 17.7 Å². The number of alkyl halides is 1. The molecule has 2 aromatic heterocycles. The van der Waals surface area contributed by atoms with E-state index in [0.29, 0.717) is 29.9 Å². The number of pyridine rings is 1. The van der Waals surface area contributed by atoms with E-state index in [1.807, 2.05) is 13.8 Å². The highest BCUT2D eigenvalue weighted by molar-refractivity contribution is 5.95. The van der Waals surface area contributed by atoms with E-state index >= 15 is 0 Å². The van der Waals surface area contributed by atoms with Crippen LogP contribution in [0.4, 0.5) is 18.9 Å². The quantitative estimate of drug-likeness (QED) is 0.464. The van der Waals surface area contributed by atoms with Crippen LogP contribution in [0.2, 0.25) is 0 Å². The number of aromatic nitrogens is 4. The molecule has 5 rings (SSSR count). The number of carbonyl (C=O) groups excluding carboxylic acids is 1. The number of likely N-dealkylation sites (tertiary alicyclic amines) is 1. The lowest BCUT2D eigenvalue weighted by Gasteiger charge is -2.37. The average molecular weight is 514 g/mol. The van der Waals surface area contributed by atoms with E-state index in [0.717, 1.165) is 19.4 Å². The van der Waals surface area contributed by atoms with Crippen LogP contribution >= 0.6 is 0 Å². The van der Waals surface area contributed by atoms with Crippen molar-refractivity contribution >= 4 is 11.6 Å². The first kappa shape index (κ1) is 25.2. The predicted octanol–water partition coefficient (Wildman–Crippen LogP) is 4.04. The standard InChI is InChI=1S/C26H30F3N7O/c1-14(2)35-7-6-22(21(28)12-35)31-17-9-19(25(29)30-11-17)23-13-36(34-33-23)24-10-18(20(27)8-15(24)3)26(37)32-16-4-5-16/h8-11,13-14,16,21-22,31H,4-7,12H2,1-3H3,(H,32,37)/t21-,22+/m1/s1. The van der Waals surface area contributed by atoms with Crippen LogP contribution in [-0.2, 0) is 0 Å². The van der Waals surface area contributed by atoms with Gasteiger partial charge < -0.3 is 10.6 Å². The summed E-state index contributed by atoms with van der Waals surface area (Å²) in [6.07, 6.45) is 4.14. The number of carbonyl (C=O) groups is 1. The van der Waals surface area contributed by atoms with Gasteiger partial charge in [-0.25, -0.2) is 18.4 Å². The molecule has 2 aliphatic rings. The van der Waals surface area contributed by atoms with Gasteiger partial charge in [-0.2, -0.15) is 4.39 Å². The molecule has 1 saturated heterocycles. The van der Waals surface area contributed by atoms with Gasteiger partial charge in [-0.1, -0.05) is 5.21 Å². The fraction of sp³-hybridized carbons (Fsp3) is 0.462. The third-order valence-electron chi connectivity index (χ3n) is 6.95. The predicted molar refractivity (Wildman–Crippen MR) is 133 cm³/mol. The highest BCUT2D eigenvalue weighted by Gasteiger charge is 2.30. The molecular weight excluding hydrogens is 483 g/mol. The van der Waals surface area contributed by atoms with Crippen LogP contribution in [-0.4, -0.2) is 68.2 Å². The van der Waals surface area contributed by atoms with Crippen molar-refractivity contribution in [2.24, 2.45) is 0 Å². The second-order valence-corrected chi connectivity index (χ2v) is 10.1. The zero-order chi connectivity index (χ0) is 26.3. The van der Waals surface area contributed by atoms with Gasteiger partial charge >= 0.3 is 0 Å². The van der Waals surface area contributed by atoms with E-state index < -0.39 is 29.9 Å². The normalized spacial score (nSPS) is 20.3. The lowest BCUT2D eigenvalue weighted by Crippen LogP contribution is -2.50. The monoisotopic (exact) mass is 513 g/mol. The molecule has 2 fully saturated rings. The molecular formula is C26H30F3N7O. The zero-order valence-electron chi connectivity index (χ0n) is 21.0. The largest absolute Gasteiger partial charge is 0.378 e. The minimum Gasteiger partial charge on any atom is -0.378 e. The number of benzene rings is 1. The maximum absolute atomic E-state index is 14.8. The topological polar surface area (TPSA) is 88.0 Å². The number of amides is 1. The number of piperidine rings is 1. The summed E-state index contributed by atoms with van der Waals surface area (Å²) in [6, 6.07) is 4.16. The molecule has 8 nitrogen and oxygen atoms in total. The molecule has 0 unspecified atom stereocenters. The van der Waals surface area contributed by atoms with E-state index in [2.05, 4.69) is 30.8 Å². The van der Waals surface area contributed by atoms with E-state index in [9.17, 15) is 18.0 Å². The number of nitrogens with one attached hydrogen (secondary N) is 2. The van der Waals surface area contributed by atoms with E-state index in [1.54, 1.807) is 6.92 Å². The highest BCUT2D eigenvalue weighted by Crippen LogP contribution is 2.27. The summed E-state index contributed by atoms with van der Waals surface area (Å²) in [5.41, 5.74) is 1.67. The summed E-state index contributed by atoms with van der Waals surface area (Å²) in [5.74, 6) is -1.86. The maximum atomic E-state index is 14.8. The number of rotatable bonds is 7. The summed E-state index contributed by atoms with van der Waals surface area (Å²) in [7, 11) is 0. The minimum absolute atomic E-state index is 0.0846. The molecule has 2 N–H and O–H groups in total. The van der Waals surface area contributed by atoms with Crippen molar-refractivity contribution < 1.29 is 18.0 Å². The Morgan fingerprint density at radius 1 is 1.16 bits per heavy atom. The Bertz CT molecular complexity index is 1310. The third kappa shape index (κ3) is 5.46. The van der Waals surface area contributed by atoms with Gasteiger partial charge in [-0.05, 0) is 63.8 Å². The molecule has 2 atom stereocenters. The van der Waals surface area contributed by atoms with Crippen LogP contribution < -0.4 is 10.6 Å². The molecule has 1 amide bonds. The molecule has 0 spiro atoms. The fourth-order valence-electron chi connectivity index (χ4n) is 4.56. The number of hydrogen-bond acceptors (Lipinski definition) is 6. The second-order valence-electron chi connectivity index (χ2n) is 10.1. The van der Waals surface area contributed by atoms with Crippen molar-refractivity contribution in [3.8, 4) is 16.9 Å².